The number of nitrogens with one attached hydrogen (secondary N) is 1. The number of benzene rings is 2. The number of rotatable bonds is 4. The molecule has 6 heteroatoms. The van der Waals surface area contributed by atoms with Crippen molar-refractivity contribution in [1.82, 2.24) is 4.98 Å². The summed E-state index contributed by atoms with van der Waals surface area (Å²) in [5, 5.41) is 3.65. The molecule has 2 nitrogen and oxygen atoms in total. The number of fused-ring (bicyclic) bond motifs is 1. The maximum Gasteiger partial charge on any atom is 0.150 e. The second-order valence-corrected chi connectivity index (χ2v) is 6.91. The molecule has 108 valence electrons. The molecule has 0 aliphatic rings. The van der Waals surface area contributed by atoms with Crippen LogP contribution in [0, 0.1) is 5.82 Å². The molecule has 0 bridgehead atoms. The molecule has 0 atom stereocenters. The minimum atomic E-state index is -0.293. The molecule has 0 aliphatic carbocycles. The Bertz CT molecular complexity index is 768. The Morgan fingerprint density at radius 2 is 2.19 bits per heavy atom. The van der Waals surface area contributed by atoms with Crippen LogP contribution in [0.15, 0.2) is 40.7 Å². The van der Waals surface area contributed by atoms with Crippen LogP contribution in [0.1, 0.15) is 5.56 Å². The van der Waals surface area contributed by atoms with Gasteiger partial charge in [-0.15, -0.1) is 11.3 Å². The fraction of sp³-hybridized carbons (Fsp3) is 0.133. The monoisotopic (exact) mass is 338 g/mol. The zero-order valence-electron chi connectivity index (χ0n) is 11.2. The van der Waals surface area contributed by atoms with Crippen molar-refractivity contribution >= 4 is 50.6 Å². The second-order valence-electron chi connectivity index (χ2n) is 4.42. The van der Waals surface area contributed by atoms with Crippen LogP contribution in [-0.2, 0) is 6.54 Å². The fourth-order valence-electron chi connectivity index (χ4n) is 1.99. The zero-order valence-corrected chi connectivity index (χ0v) is 13.6. The quantitative estimate of drug-likeness (QED) is 0.643. The van der Waals surface area contributed by atoms with Crippen molar-refractivity contribution < 1.29 is 4.39 Å². The number of hydrogen-bond donors (Lipinski definition) is 1. The van der Waals surface area contributed by atoms with Gasteiger partial charge in [0, 0.05) is 22.8 Å². The predicted molar refractivity (Wildman–Crippen MR) is 90.1 cm³/mol. The lowest BCUT2D eigenvalue weighted by Crippen LogP contribution is -2.02. The molecule has 1 heterocycles. The molecule has 3 aromatic rings. The summed E-state index contributed by atoms with van der Waals surface area (Å²) in [5.74, 6) is -0.293. The Morgan fingerprint density at radius 3 is 2.95 bits per heavy atom. The first kappa shape index (κ1) is 14.6. The second kappa shape index (κ2) is 6.22. The van der Waals surface area contributed by atoms with Gasteiger partial charge in [0.15, 0.2) is 4.34 Å². The van der Waals surface area contributed by atoms with E-state index in [0.29, 0.717) is 17.1 Å². The maximum absolute atomic E-state index is 13.7. The summed E-state index contributed by atoms with van der Waals surface area (Å²) in [6.45, 7) is 0.352. The summed E-state index contributed by atoms with van der Waals surface area (Å²) in [7, 11) is 0. The minimum absolute atomic E-state index is 0.293. The van der Waals surface area contributed by atoms with E-state index < -0.39 is 0 Å². The van der Waals surface area contributed by atoms with Gasteiger partial charge in [-0.3, -0.25) is 0 Å². The first-order chi connectivity index (χ1) is 10.2. The highest BCUT2D eigenvalue weighted by Crippen LogP contribution is 2.30. The predicted octanol–water partition coefficient (Wildman–Crippen LogP) is 5.42. The van der Waals surface area contributed by atoms with Gasteiger partial charge in [0.2, 0.25) is 0 Å². The Labute approximate surface area is 135 Å². The van der Waals surface area contributed by atoms with Gasteiger partial charge in [0.25, 0.3) is 0 Å². The van der Waals surface area contributed by atoms with Gasteiger partial charge in [-0.05, 0) is 36.6 Å². The third-order valence-corrected chi connectivity index (χ3v) is 5.43. The highest BCUT2D eigenvalue weighted by atomic mass is 35.5. The summed E-state index contributed by atoms with van der Waals surface area (Å²) >= 11 is 9.31. The van der Waals surface area contributed by atoms with Crippen LogP contribution in [-0.4, -0.2) is 11.2 Å². The van der Waals surface area contributed by atoms with Crippen LogP contribution >= 0.6 is 34.7 Å². The van der Waals surface area contributed by atoms with Crippen LogP contribution in [0.5, 0.6) is 0 Å². The number of aromatic nitrogens is 1. The van der Waals surface area contributed by atoms with Gasteiger partial charge in [-0.25, -0.2) is 9.37 Å². The molecule has 0 saturated carbocycles. The molecule has 0 aliphatic heterocycles. The molecule has 2 aromatic carbocycles. The van der Waals surface area contributed by atoms with E-state index in [0.717, 1.165) is 20.2 Å². The maximum atomic E-state index is 13.7. The lowest BCUT2D eigenvalue weighted by Gasteiger charge is -2.09. The highest BCUT2D eigenvalue weighted by molar-refractivity contribution is 8.00. The third-order valence-electron chi connectivity index (χ3n) is 3.07. The molecule has 21 heavy (non-hydrogen) atoms. The number of anilines is 1. The summed E-state index contributed by atoms with van der Waals surface area (Å²) in [4.78, 5) is 4.49. The SMILES string of the molecule is CSc1nc2ccc(NCc3c(F)cccc3Cl)cc2s1. The molecule has 0 amide bonds. The summed E-state index contributed by atoms with van der Waals surface area (Å²) in [6.07, 6.45) is 2.01. The topological polar surface area (TPSA) is 24.9 Å². The third kappa shape index (κ3) is 3.15. The van der Waals surface area contributed by atoms with E-state index >= 15 is 0 Å². The van der Waals surface area contributed by atoms with Crippen LogP contribution < -0.4 is 5.32 Å². The van der Waals surface area contributed by atoms with Gasteiger partial charge < -0.3 is 5.32 Å². The molecule has 0 radical (unpaired) electrons. The Hall–Kier alpha value is -1.30. The number of halogens is 2. The average Bonchev–Trinajstić information content (AvgIpc) is 2.89. The van der Waals surface area contributed by atoms with E-state index in [2.05, 4.69) is 10.3 Å². The standard InChI is InChI=1S/C15H12ClFN2S2/c1-20-15-19-13-6-5-9(7-14(13)21-15)18-8-10-11(16)3-2-4-12(10)17/h2-7,18H,8H2,1H3. The molecule has 3 rings (SSSR count). The molecule has 0 spiro atoms. The van der Waals surface area contributed by atoms with Crippen molar-refractivity contribution in [2.45, 2.75) is 10.9 Å². The minimum Gasteiger partial charge on any atom is -0.381 e. The van der Waals surface area contributed by atoms with Crippen molar-refractivity contribution in [2.24, 2.45) is 0 Å². The largest absolute Gasteiger partial charge is 0.381 e. The lowest BCUT2D eigenvalue weighted by atomic mass is 10.2. The van der Waals surface area contributed by atoms with Gasteiger partial charge in [-0.1, -0.05) is 29.4 Å². The van der Waals surface area contributed by atoms with Crippen LogP contribution in [0.3, 0.4) is 0 Å². The smallest absolute Gasteiger partial charge is 0.150 e. The van der Waals surface area contributed by atoms with Gasteiger partial charge in [0.1, 0.15) is 5.82 Å². The number of hydrogen-bond acceptors (Lipinski definition) is 4. The van der Waals surface area contributed by atoms with Crippen molar-refractivity contribution in [1.29, 1.82) is 0 Å². The van der Waals surface area contributed by atoms with E-state index in [1.807, 2.05) is 24.5 Å². The van der Waals surface area contributed by atoms with Gasteiger partial charge in [-0.2, -0.15) is 0 Å². The normalized spacial score (nSPS) is 11.0. The highest BCUT2D eigenvalue weighted by Gasteiger charge is 2.07. The molecule has 0 saturated heterocycles. The molecular weight excluding hydrogens is 327 g/mol. The first-order valence-corrected chi connectivity index (χ1v) is 8.70. The number of nitrogens with zero attached hydrogens (tertiary/aromatic N) is 1. The van der Waals surface area contributed by atoms with Crippen molar-refractivity contribution in [2.75, 3.05) is 11.6 Å². The lowest BCUT2D eigenvalue weighted by molar-refractivity contribution is 0.613. The van der Waals surface area contributed by atoms with Crippen molar-refractivity contribution in [3.63, 3.8) is 0 Å². The fourth-order valence-corrected chi connectivity index (χ4v) is 3.75. The van der Waals surface area contributed by atoms with Crippen LogP contribution in [0.4, 0.5) is 10.1 Å². The van der Waals surface area contributed by atoms with E-state index in [4.69, 9.17) is 11.6 Å². The first-order valence-electron chi connectivity index (χ1n) is 6.28. The van der Waals surface area contributed by atoms with Gasteiger partial charge >= 0.3 is 0 Å². The Kier molecular flexibility index (Phi) is 4.33. The van der Waals surface area contributed by atoms with Crippen molar-refractivity contribution in [3.05, 3.63) is 52.8 Å². The van der Waals surface area contributed by atoms with E-state index in [9.17, 15) is 4.39 Å². The molecule has 0 unspecified atom stereocenters. The summed E-state index contributed by atoms with van der Waals surface area (Å²) < 4.78 is 15.9. The van der Waals surface area contributed by atoms with Crippen molar-refractivity contribution in [3.8, 4) is 0 Å². The van der Waals surface area contributed by atoms with E-state index in [1.54, 1.807) is 35.2 Å². The van der Waals surface area contributed by atoms with E-state index in [-0.39, 0.29) is 5.82 Å². The molecule has 1 N–H and O–H groups in total. The Morgan fingerprint density at radius 1 is 1.33 bits per heavy atom. The zero-order chi connectivity index (χ0) is 14.8. The Balaban J connectivity index is 1.82. The molecule has 1 aromatic heterocycles. The average molecular weight is 339 g/mol. The van der Waals surface area contributed by atoms with E-state index in [1.165, 1.54) is 6.07 Å². The summed E-state index contributed by atoms with van der Waals surface area (Å²) in [5.41, 5.74) is 2.39. The summed E-state index contributed by atoms with van der Waals surface area (Å²) in [6, 6.07) is 10.7. The van der Waals surface area contributed by atoms with Gasteiger partial charge in [0.05, 0.1) is 10.2 Å². The van der Waals surface area contributed by atoms with Crippen LogP contribution in [0.25, 0.3) is 10.2 Å². The number of thioether (sulfide) groups is 1. The number of thiazole rings is 1. The molecule has 0 fully saturated rings. The molecular formula is C15H12ClFN2S2. The van der Waals surface area contributed by atoms with Crippen LogP contribution in [0.2, 0.25) is 5.02 Å².